The van der Waals surface area contributed by atoms with Crippen molar-refractivity contribution in [3.8, 4) is 11.4 Å². The highest BCUT2D eigenvalue weighted by Crippen LogP contribution is 2.29. The fourth-order valence-corrected chi connectivity index (χ4v) is 4.66. The predicted octanol–water partition coefficient (Wildman–Crippen LogP) is 1.34. The lowest BCUT2D eigenvalue weighted by Gasteiger charge is -2.29. The number of imidazole rings is 1. The number of fused-ring (bicyclic) bond motifs is 1. The summed E-state index contributed by atoms with van der Waals surface area (Å²) in [5.74, 6) is 0.114. The maximum absolute atomic E-state index is 13.5. The second kappa shape index (κ2) is 9.79. The number of hydrazine groups is 1. The maximum Gasteiger partial charge on any atom is 0.272 e. The maximum atomic E-state index is 13.5. The summed E-state index contributed by atoms with van der Waals surface area (Å²) in [6.07, 6.45) is 1.34. The number of hydrogen-bond donors (Lipinski definition) is 4. The molecule has 1 aromatic carbocycles. The number of likely N-dealkylation sites (N-methyl/N-ethyl adjacent to an activating group) is 1. The van der Waals surface area contributed by atoms with Gasteiger partial charge < -0.3 is 20.1 Å². The number of carbonyl (C=O) groups is 3. The van der Waals surface area contributed by atoms with Crippen LogP contribution in [0.3, 0.4) is 0 Å². The summed E-state index contributed by atoms with van der Waals surface area (Å²) in [6.45, 7) is 8.02. The first-order chi connectivity index (χ1) is 16.6. The zero-order valence-corrected chi connectivity index (χ0v) is 21.1. The van der Waals surface area contributed by atoms with Gasteiger partial charge in [-0.05, 0) is 31.0 Å². The van der Waals surface area contributed by atoms with Crippen LogP contribution in [-0.4, -0.2) is 58.9 Å². The molecule has 1 unspecified atom stereocenters. The quantitative estimate of drug-likeness (QED) is 0.512. The molecule has 2 aromatic rings. The summed E-state index contributed by atoms with van der Waals surface area (Å²) in [4.78, 5) is 44.5. The molecular formula is C25H35N7O3. The third-order valence-corrected chi connectivity index (χ3v) is 6.63. The van der Waals surface area contributed by atoms with Gasteiger partial charge in [0.05, 0.1) is 11.7 Å². The molecule has 2 aliphatic rings. The molecule has 3 heterocycles. The normalized spacial score (nSPS) is 19.5. The minimum atomic E-state index is -0.696. The average molecular weight is 482 g/mol. The molecule has 0 bridgehead atoms. The van der Waals surface area contributed by atoms with Crippen molar-refractivity contribution >= 4 is 17.7 Å². The molecular weight excluding hydrogens is 446 g/mol. The fourth-order valence-electron chi connectivity index (χ4n) is 4.66. The Hall–Kier alpha value is -3.24. The van der Waals surface area contributed by atoms with Gasteiger partial charge in [0.25, 0.3) is 5.91 Å². The first kappa shape index (κ1) is 24.9. The minimum absolute atomic E-state index is 0.0252. The molecule has 2 aliphatic heterocycles. The Morgan fingerprint density at radius 1 is 1.17 bits per heavy atom. The van der Waals surface area contributed by atoms with Gasteiger partial charge in [-0.3, -0.25) is 19.8 Å². The number of hydrogen-bond acceptors (Lipinski definition) is 6. The fraction of sp³-hybridized carbons (Fsp3) is 0.520. The molecule has 10 heteroatoms. The molecule has 4 rings (SSSR count). The molecule has 3 amide bonds. The largest absolute Gasteiger partial charge is 0.357 e. The number of nitrogens with one attached hydrogen (secondary N) is 4. The first-order valence-electron chi connectivity index (χ1n) is 12.0. The van der Waals surface area contributed by atoms with Crippen LogP contribution in [0.1, 0.15) is 61.4 Å². The van der Waals surface area contributed by atoms with Gasteiger partial charge in [-0.25, -0.2) is 10.4 Å². The van der Waals surface area contributed by atoms with Crippen LogP contribution in [0, 0.1) is 5.41 Å². The van der Waals surface area contributed by atoms with Gasteiger partial charge >= 0.3 is 0 Å². The highest BCUT2D eigenvalue weighted by Gasteiger charge is 2.34. The Bertz CT molecular complexity index is 1120. The van der Waals surface area contributed by atoms with E-state index in [1.165, 1.54) is 0 Å². The van der Waals surface area contributed by atoms with Crippen molar-refractivity contribution in [1.29, 1.82) is 0 Å². The smallest absolute Gasteiger partial charge is 0.272 e. The minimum Gasteiger partial charge on any atom is -0.357 e. The third kappa shape index (κ3) is 5.23. The Labute approximate surface area is 205 Å². The lowest BCUT2D eigenvalue weighted by atomic mass is 9.86. The van der Waals surface area contributed by atoms with Crippen molar-refractivity contribution in [1.82, 2.24) is 35.9 Å². The highest BCUT2D eigenvalue weighted by molar-refractivity contribution is 5.97. The van der Waals surface area contributed by atoms with Crippen LogP contribution < -0.4 is 21.5 Å². The summed E-state index contributed by atoms with van der Waals surface area (Å²) < 4.78 is 2.12. The van der Waals surface area contributed by atoms with Crippen LogP contribution in [0.2, 0.25) is 0 Å². The monoisotopic (exact) mass is 481 g/mol. The number of amides is 3. The molecule has 0 radical (unpaired) electrons. The molecule has 0 spiro atoms. The SMILES string of the molecule is CNC(=O)C(NC(=O)c1nc(-c2ccc([C@@H]3CC(=O)NN3)cc2)n2c1CN(C)CCC2)C(C)(C)C. The molecule has 0 aliphatic carbocycles. The summed E-state index contributed by atoms with van der Waals surface area (Å²) >= 11 is 0. The average Bonchev–Trinajstić information content (AvgIpc) is 3.34. The van der Waals surface area contributed by atoms with Crippen molar-refractivity contribution in [2.45, 2.75) is 58.8 Å². The lowest BCUT2D eigenvalue weighted by Crippen LogP contribution is -2.53. The van der Waals surface area contributed by atoms with Gasteiger partial charge in [0.2, 0.25) is 11.8 Å². The zero-order chi connectivity index (χ0) is 25.3. The van der Waals surface area contributed by atoms with Gasteiger partial charge in [-0.15, -0.1) is 0 Å². The molecule has 2 atom stereocenters. The molecule has 188 valence electrons. The molecule has 1 fully saturated rings. The van der Waals surface area contributed by atoms with E-state index in [0.29, 0.717) is 18.7 Å². The van der Waals surface area contributed by atoms with Gasteiger partial charge in [0.15, 0.2) is 5.69 Å². The van der Waals surface area contributed by atoms with E-state index >= 15 is 0 Å². The van der Waals surface area contributed by atoms with Crippen molar-refractivity contribution < 1.29 is 14.4 Å². The Kier molecular flexibility index (Phi) is 6.95. The van der Waals surface area contributed by atoms with Gasteiger partial charge in [-0.2, -0.15) is 0 Å². The summed E-state index contributed by atoms with van der Waals surface area (Å²) in [7, 11) is 3.60. The second-order valence-electron chi connectivity index (χ2n) is 10.4. The summed E-state index contributed by atoms with van der Waals surface area (Å²) in [6, 6.07) is 7.17. The highest BCUT2D eigenvalue weighted by atomic mass is 16.2. The Balaban J connectivity index is 1.69. The Morgan fingerprint density at radius 3 is 2.49 bits per heavy atom. The van der Waals surface area contributed by atoms with Crippen LogP contribution in [0.5, 0.6) is 0 Å². The van der Waals surface area contributed by atoms with Gasteiger partial charge in [0, 0.05) is 32.1 Å². The van der Waals surface area contributed by atoms with E-state index in [1.54, 1.807) is 7.05 Å². The first-order valence-corrected chi connectivity index (χ1v) is 12.0. The molecule has 1 saturated heterocycles. The van der Waals surface area contributed by atoms with E-state index in [-0.39, 0.29) is 23.8 Å². The number of benzene rings is 1. The van der Waals surface area contributed by atoms with Crippen LogP contribution in [0.4, 0.5) is 0 Å². The van der Waals surface area contributed by atoms with Gasteiger partial charge in [-0.1, -0.05) is 45.0 Å². The molecule has 10 nitrogen and oxygen atoms in total. The zero-order valence-electron chi connectivity index (χ0n) is 21.1. The van der Waals surface area contributed by atoms with Crippen LogP contribution in [-0.2, 0) is 22.7 Å². The van der Waals surface area contributed by atoms with E-state index < -0.39 is 11.5 Å². The van der Waals surface area contributed by atoms with Crippen molar-refractivity contribution in [3.63, 3.8) is 0 Å². The predicted molar refractivity (Wildman–Crippen MR) is 132 cm³/mol. The van der Waals surface area contributed by atoms with E-state index in [0.717, 1.165) is 42.2 Å². The van der Waals surface area contributed by atoms with Crippen molar-refractivity contribution in [2.24, 2.45) is 5.41 Å². The molecule has 35 heavy (non-hydrogen) atoms. The second-order valence-corrected chi connectivity index (χ2v) is 10.4. The van der Waals surface area contributed by atoms with Crippen molar-refractivity contribution in [2.75, 3.05) is 20.6 Å². The van der Waals surface area contributed by atoms with Crippen molar-refractivity contribution in [3.05, 3.63) is 41.2 Å². The van der Waals surface area contributed by atoms with Crippen LogP contribution >= 0.6 is 0 Å². The number of carbonyl (C=O) groups excluding carboxylic acids is 3. The summed E-state index contributed by atoms with van der Waals surface area (Å²) in [5, 5.41) is 5.58. The topological polar surface area (TPSA) is 120 Å². The van der Waals surface area contributed by atoms with E-state index in [1.807, 2.05) is 52.1 Å². The van der Waals surface area contributed by atoms with Gasteiger partial charge in [0.1, 0.15) is 11.9 Å². The van der Waals surface area contributed by atoms with E-state index in [2.05, 4.69) is 31.0 Å². The van der Waals surface area contributed by atoms with E-state index in [9.17, 15) is 14.4 Å². The van der Waals surface area contributed by atoms with E-state index in [4.69, 9.17) is 4.98 Å². The standard InChI is InChI=1S/C25H35N7O3/c1-25(2,3)21(24(35)26-4)28-23(34)20-18-14-31(5)11-6-12-32(18)22(27-20)16-9-7-15(8-10-16)17-13-19(33)30-29-17/h7-10,17,21,29H,6,11-14H2,1-5H3,(H,26,35)(H,28,34)(H,30,33)/t17-,21?/m0/s1. The molecule has 0 saturated carbocycles. The number of aromatic nitrogens is 2. The van der Waals surface area contributed by atoms with Crippen LogP contribution in [0.15, 0.2) is 24.3 Å². The third-order valence-electron chi connectivity index (χ3n) is 6.63. The number of rotatable bonds is 5. The lowest BCUT2D eigenvalue weighted by molar-refractivity contribution is -0.124. The van der Waals surface area contributed by atoms with Crippen LogP contribution in [0.25, 0.3) is 11.4 Å². The molecule has 1 aromatic heterocycles. The summed E-state index contributed by atoms with van der Waals surface area (Å²) in [5.41, 5.74) is 8.27. The molecule has 4 N–H and O–H groups in total. The Morgan fingerprint density at radius 2 is 1.89 bits per heavy atom. The number of nitrogens with zero attached hydrogens (tertiary/aromatic N) is 3.